The van der Waals surface area contributed by atoms with Gasteiger partial charge in [-0.3, -0.25) is 9.69 Å². The smallest absolute Gasteiger partial charge is 0.178 e. The molecule has 1 atom stereocenters. The van der Waals surface area contributed by atoms with Gasteiger partial charge in [0.05, 0.1) is 24.9 Å². The maximum Gasteiger partial charge on any atom is 0.178 e. The van der Waals surface area contributed by atoms with Crippen LogP contribution in [0.5, 0.6) is 5.75 Å². The zero-order valence-electron chi connectivity index (χ0n) is 17.3. The molecule has 3 rings (SSSR count). The molecule has 2 heterocycles. The summed E-state index contributed by atoms with van der Waals surface area (Å²) in [5.74, 6) is 0.476. The molecule has 0 radical (unpaired) electrons. The molecule has 0 amide bonds. The fourth-order valence-corrected chi connectivity index (χ4v) is 4.22. The minimum absolute atomic E-state index is 0.167. The normalized spacial score (nSPS) is 16.4. The van der Waals surface area contributed by atoms with Gasteiger partial charge in [-0.2, -0.15) is 0 Å². The number of benzene rings is 1. The van der Waals surface area contributed by atoms with Gasteiger partial charge in [-0.05, 0) is 39.0 Å². The Morgan fingerprint density at radius 1 is 1.18 bits per heavy atom. The second-order valence-corrected chi connectivity index (χ2v) is 7.63. The van der Waals surface area contributed by atoms with Crippen LogP contribution in [0.1, 0.15) is 34.7 Å². The molecule has 6 heteroatoms. The van der Waals surface area contributed by atoms with Crippen LogP contribution in [0.3, 0.4) is 0 Å². The van der Waals surface area contributed by atoms with Gasteiger partial charge in [0.1, 0.15) is 5.75 Å². The molecule has 0 bridgehead atoms. The zero-order valence-corrected chi connectivity index (χ0v) is 17.3. The van der Waals surface area contributed by atoms with Crippen molar-refractivity contribution in [1.29, 1.82) is 0 Å². The summed E-state index contributed by atoms with van der Waals surface area (Å²) in [4.78, 5) is 17.3. The van der Waals surface area contributed by atoms with Crippen LogP contribution in [0.4, 0.5) is 5.69 Å². The Kier molecular flexibility index (Phi) is 6.42. The minimum Gasteiger partial charge on any atom is -0.506 e. The van der Waals surface area contributed by atoms with Crippen molar-refractivity contribution in [2.45, 2.75) is 26.8 Å². The second kappa shape index (κ2) is 8.80. The van der Waals surface area contributed by atoms with Crippen molar-refractivity contribution in [3.05, 3.63) is 47.3 Å². The molecule has 1 aliphatic rings. The van der Waals surface area contributed by atoms with Crippen molar-refractivity contribution in [3.63, 3.8) is 0 Å². The molecule has 0 saturated carbocycles. The van der Waals surface area contributed by atoms with E-state index in [1.165, 1.54) is 0 Å². The molecular formula is C22H31N3O3. The maximum absolute atomic E-state index is 12.9. The summed E-state index contributed by atoms with van der Waals surface area (Å²) < 4.78 is 7.47. The number of hydrogen-bond acceptors (Lipinski definition) is 5. The van der Waals surface area contributed by atoms with E-state index in [-0.39, 0.29) is 11.8 Å². The number of hydrogen-bond donors (Lipinski definition) is 1. The van der Waals surface area contributed by atoms with Crippen LogP contribution in [0.25, 0.3) is 0 Å². The Bertz CT molecular complexity index is 822. The lowest BCUT2D eigenvalue weighted by molar-refractivity contribution is 0.0925. The number of phenols is 1. The van der Waals surface area contributed by atoms with E-state index in [2.05, 4.69) is 21.3 Å². The van der Waals surface area contributed by atoms with E-state index in [0.29, 0.717) is 18.9 Å². The molecule has 1 fully saturated rings. The van der Waals surface area contributed by atoms with Gasteiger partial charge in [0.2, 0.25) is 0 Å². The standard InChI is InChI=1S/C22H31N3O3/c1-16-13-19(18(3)25(16)17(2)15-28-4)22(27)14-23-9-11-24(12-10-23)20-7-5-6-8-21(20)26/h5-8,13,17,26H,9-12,14-15H2,1-4H3/t17-/m1/s1. The third kappa shape index (κ3) is 4.23. The first-order valence-electron chi connectivity index (χ1n) is 9.88. The van der Waals surface area contributed by atoms with Crippen molar-refractivity contribution >= 4 is 11.5 Å². The number of rotatable bonds is 7. The van der Waals surface area contributed by atoms with E-state index in [9.17, 15) is 9.90 Å². The number of piperazine rings is 1. The average molecular weight is 386 g/mol. The molecule has 1 aliphatic heterocycles. The van der Waals surface area contributed by atoms with Gasteiger partial charge >= 0.3 is 0 Å². The third-order valence-electron chi connectivity index (χ3n) is 5.60. The highest BCUT2D eigenvalue weighted by Crippen LogP contribution is 2.27. The van der Waals surface area contributed by atoms with Gasteiger partial charge in [-0.15, -0.1) is 0 Å². The van der Waals surface area contributed by atoms with Crippen LogP contribution in [-0.4, -0.2) is 66.8 Å². The molecule has 1 aromatic heterocycles. The van der Waals surface area contributed by atoms with E-state index < -0.39 is 0 Å². The lowest BCUT2D eigenvalue weighted by Gasteiger charge is -2.36. The highest BCUT2D eigenvalue weighted by Gasteiger charge is 2.24. The van der Waals surface area contributed by atoms with Crippen LogP contribution in [0, 0.1) is 13.8 Å². The monoisotopic (exact) mass is 385 g/mol. The SMILES string of the molecule is COC[C@@H](C)n1c(C)cc(C(=O)CN2CCN(c3ccccc3O)CC2)c1C. The lowest BCUT2D eigenvalue weighted by atomic mass is 10.1. The summed E-state index contributed by atoms with van der Waals surface area (Å²) in [6.45, 7) is 10.4. The number of Topliss-reactive ketones (excluding diaryl/α,β-unsaturated/α-hetero) is 1. The van der Waals surface area contributed by atoms with Crippen LogP contribution >= 0.6 is 0 Å². The van der Waals surface area contributed by atoms with Crippen LogP contribution < -0.4 is 4.90 Å². The summed E-state index contributed by atoms with van der Waals surface area (Å²) >= 11 is 0. The first-order valence-corrected chi connectivity index (χ1v) is 9.88. The van der Waals surface area contributed by atoms with Crippen LogP contribution in [0.15, 0.2) is 30.3 Å². The van der Waals surface area contributed by atoms with Gasteiger partial charge in [0, 0.05) is 50.2 Å². The number of anilines is 1. The third-order valence-corrected chi connectivity index (χ3v) is 5.60. The number of carbonyl (C=O) groups is 1. The maximum atomic E-state index is 12.9. The first-order chi connectivity index (χ1) is 13.4. The minimum atomic E-state index is 0.167. The largest absolute Gasteiger partial charge is 0.506 e. The summed E-state index contributed by atoms with van der Waals surface area (Å²) in [5.41, 5.74) is 3.78. The van der Waals surface area contributed by atoms with Crippen molar-refractivity contribution < 1.29 is 14.6 Å². The molecule has 1 saturated heterocycles. The number of phenolic OH excluding ortho intramolecular Hbond substituents is 1. The molecular weight excluding hydrogens is 354 g/mol. The van der Waals surface area contributed by atoms with Crippen molar-refractivity contribution in [2.75, 3.05) is 51.3 Å². The Labute approximate surface area is 167 Å². The average Bonchev–Trinajstić information content (AvgIpc) is 2.97. The Hall–Kier alpha value is -2.31. The van der Waals surface area contributed by atoms with Gasteiger partial charge in [-0.1, -0.05) is 12.1 Å². The molecule has 0 spiro atoms. The van der Waals surface area contributed by atoms with E-state index >= 15 is 0 Å². The van der Waals surface area contributed by atoms with E-state index in [1.807, 2.05) is 38.1 Å². The molecule has 0 aliphatic carbocycles. The van der Waals surface area contributed by atoms with Crippen molar-refractivity contribution in [3.8, 4) is 5.75 Å². The molecule has 0 unspecified atom stereocenters. The number of aromatic nitrogens is 1. The van der Waals surface area contributed by atoms with Crippen molar-refractivity contribution in [1.82, 2.24) is 9.47 Å². The quantitative estimate of drug-likeness (QED) is 0.743. The zero-order chi connectivity index (χ0) is 20.3. The fourth-order valence-electron chi connectivity index (χ4n) is 4.22. The summed E-state index contributed by atoms with van der Waals surface area (Å²) in [6.07, 6.45) is 0. The number of aryl methyl sites for hydroxylation is 1. The Balaban J connectivity index is 1.62. The summed E-state index contributed by atoms with van der Waals surface area (Å²) in [7, 11) is 1.70. The summed E-state index contributed by atoms with van der Waals surface area (Å²) in [5, 5.41) is 10.0. The van der Waals surface area contributed by atoms with Gasteiger partial charge < -0.3 is 19.3 Å². The number of carbonyl (C=O) groups excluding carboxylic acids is 1. The number of nitrogens with zero attached hydrogens (tertiary/aromatic N) is 3. The number of para-hydroxylation sites is 2. The molecule has 28 heavy (non-hydrogen) atoms. The highest BCUT2D eigenvalue weighted by atomic mass is 16.5. The fraction of sp³-hybridized carbons (Fsp3) is 0.500. The first kappa shape index (κ1) is 20.4. The molecule has 6 nitrogen and oxygen atoms in total. The molecule has 1 aromatic carbocycles. The van der Waals surface area contributed by atoms with Crippen LogP contribution in [-0.2, 0) is 4.74 Å². The van der Waals surface area contributed by atoms with E-state index in [0.717, 1.165) is 48.8 Å². The number of methoxy groups -OCH3 is 1. The predicted octanol–water partition coefficient (Wildman–Crippen LogP) is 3.02. The van der Waals surface area contributed by atoms with Gasteiger partial charge in [0.15, 0.2) is 5.78 Å². The van der Waals surface area contributed by atoms with Crippen LogP contribution in [0.2, 0.25) is 0 Å². The second-order valence-electron chi connectivity index (χ2n) is 7.63. The lowest BCUT2D eigenvalue weighted by Crippen LogP contribution is -2.48. The topological polar surface area (TPSA) is 57.9 Å². The van der Waals surface area contributed by atoms with Crippen molar-refractivity contribution in [2.24, 2.45) is 0 Å². The Morgan fingerprint density at radius 2 is 1.86 bits per heavy atom. The summed E-state index contributed by atoms with van der Waals surface area (Å²) in [6, 6.07) is 9.62. The molecule has 2 aromatic rings. The highest BCUT2D eigenvalue weighted by molar-refractivity contribution is 5.99. The van der Waals surface area contributed by atoms with Gasteiger partial charge in [-0.25, -0.2) is 0 Å². The number of aromatic hydroxyl groups is 1. The van der Waals surface area contributed by atoms with E-state index in [4.69, 9.17) is 4.74 Å². The number of ketones is 1. The number of ether oxygens (including phenoxy) is 1. The Morgan fingerprint density at radius 3 is 2.50 bits per heavy atom. The predicted molar refractivity (Wildman–Crippen MR) is 112 cm³/mol. The molecule has 1 N–H and O–H groups in total. The van der Waals surface area contributed by atoms with Gasteiger partial charge in [0.25, 0.3) is 0 Å². The van der Waals surface area contributed by atoms with E-state index in [1.54, 1.807) is 13.2 Å². The molecule has 152 valence electrons.